The quantitative estimate of drug-likeness (QED) is 0.744. The van der Waals surface area contributed by atoms with Crippen LogP contribution in [0.15, 0.2) is 24.7 Å². The van der Waals surface area contributed by atoms with Crippen LogP contribution in [0.5, 0.6) is 0 Å². The molecule has 0 radical (unpaired) electrons. The minimum absolute atomic E-state index is 0.0526. The Morgan fingerprint density at radius 2 is 2.29 bits per heavy atom. The topological polar surface area (TPSA) is 43.8 Å². The molecule has 0 aromatic carbocycles. The van der Waals surface area contributed by atoms with E-state index in [0.717, 1.165) is 17.8 Å². The van der Waals surface area contributed by atoms with Crippen molar-refractivity contribution in [3.63, 3.8) is 0 Å². The molecule has 1 aromatic rings. The van der Waals surface area contributed by atoms with Crippen molar-refractivity contribution < 1.29 is 0 Å². The van der Waals surface area contributed by atoms with Gasteiger partial charge in [-0.25, -0.2) is 4.98 Å². The zero-order chi connectivity index (χ0) is 10.7. The van der Waals surface area contributed by atoms with E-state index in [4.69, 9.17) is 5.73 Å². The Hall–Kier alpha value is -1.09. The van der Waals surface area contributed by atoms with Gasteiger partial charge in [-0.3, -0.25) is 0 Å². The second-order valence-electron chi connectivity index (χ2n) is 4.17. The maximum Gasteiger partial charge on any atom is 0.0951 e. The third kappa shape index (κ3) is 2.45. The van der Waals surface area contributed by atoms with Gasteiger partial charge in [0.05, 0.1) is 12.0 Å². The van der Waals surface area contributed by atoms with Crippen LogP contribution < -0.4 is 5.73 Å². The second-order valence-corrected chi connectivity index (χ2v) is 4.17. The highest BCUT2D eigenvalue weighted by Gasteiger charge is 2.14. The number of allylic oxidation sites excluding steroid dienone is 1. The molecule has 78 valence electrons. The van der Waals surface area contributed by atoms with Gasteiger partial charge in [-0.05, 0) is 12.8 Å². The summed E-state index contributed by atoms with van der Waals surface area (Å²) in [5.74, 6) is 0.426. The highest BCUT2D eigenvalue weighted by Crippen LogP contribution is 2.18. The molecular formula is C11H19N3. The summed E-state index contributed by atoms with van der Waals surface area (Å²) in [4.78, 5) is 4.12. The van der Waals surface area contributed by atoms with Gasteiger partial charge >= 0.3 is 0 Å². The maximum atomic E-state index is 6.07. The normalized spacial score (nSPS) is 13.2. The predicted octanol–water partition coefficient (Wildman–Crippen LogP) is 2.12. The summed E-state index contributed by atoms with van der Waals surface area (Å²) in [6.45, 7) is 10.9. The van der Waals surface area contributed by atoms with E-state index in [2.05, 4.69) is 30.0 Å². The molecule has 1 rings (SSSR count). The van der Waals surface area contributed by atoms with Gasteiger partial charge < -0.3 is 10.3 Å². The van der Waals surface area contributed by atoms with Gasteiger partial charge in [-0.2, -0.15) is 0 Å². The van der Waals surface area contributed by atoms with E-state index in [1.165, 1.54) is 0 Å². The van der Waals surface area contributed by atoms with Crippen LogP contribution in [0, 0.1) is 5.92 Å². The Bertz CT molecular complexity index is 312. The Balaban J connectivity index is 2.86. The van der Waals surface area contributed by atoms with Crippen molar-refractivity contribution in [2.24, 2.45) is 11.7 Å². The monoisotopic (exact) mass is 193 g/mol. The number of rotatable bonds is 4. The summed E-state index contributed by atoms with van der Waals surface area (Å²) >= 11 is 0. The minimum Gasteiger partial charge on any atom is -0.329 e. The van der Waals surface area contributed by atoms with Gasteiger partial charge in [0.25, 0.3) is 0 Å². The highest BCUT2D eigenvalue weighted by atomic mass is 15.1. The van der Waals surface area contributed by atoms with Gasteiger partial charge in [0.15, 0.2) is 0 Å². The number of imidazole rings is 1. The van der Waals surface area contributed by atoms with Crippen LogP contribution in [0.25, 0.3) is 0 Å². The van der Waals surface area contributed by atoms with E-state index < -0.39 is 0 Å². The Morgan fingerprint density at radius 1 is 1.64 bits per heavy atom. The number of hydrogen-bond donors (Lipinski definition) is 1. The van der Waals surface area contributed by atoms with Crippen molar-refractivity contribution >= 4 is 0 Å². The average Bonchev–Trinajstić information content (AvgIpc) is 2.49. The first kappa shape index (κ1) is 11.0. The largest absolute Gasteiger partial charge is 0.329 e. The smallest absolute Gasteiger partial charge is 0.0951 e. The van der Waals surface area contributed by atoms with E-state index in [9.17, 15) is 0 Å². The first-order chi connectivity index (χ1) is 6.52. The van der Waals surface area contributed by atoms with E-state index in [0.29, 0.717) is 5.92 Å². The molecule has 1 unspecified atom stereocenters. The highest BCUT2D eigenvalue weighted by molar-refractivity contribution is 5.07. The van der Waals surface area contributed by atoms with E-state index in [1.54, 1.807) is 0 Å². The Labute approximate surface area is 85.6 Å². The lowest BCUT2D eigenvalue weighted by atomic mass is 10.0. The lowest BCUT2D eigenvalue weighted by molar-refractivity contribution is 0.484. The standard InChI is InChI=1S/C11H19N3/c1-8(2)6-14-7-13-5-10(14)11(12)9(3)4/h5,7,9,11H,1,6,12H2,2-4H3. The molecule has 1 aromatic heterocycles. The molecule has 0 amide bonds. The molecule has 1 heterocycles. The average molecular weight is 193 g/mol. The molecule has 0 saturated carbocycles. The lowest BCUT2D eigenvalue weighted by Crippen LogP contribution is -2.20. The molecule has 0 fully saturated rings. The third-order valence-corrected chi connectivity index (χ3v) is 2.24. The second kappa shape index (κ2) is 4.42. The third-order valence-electron chi connectivity index (χ3n) is 2.24. The molecule has 3 heteroatoms. The van der Waals surface area contributed by atoms with Gasteiger partial charge in [-0.15, -0.1) is 0 Å². The number of hydrogen-bond acceptors (Lipinski definition) is 2. The van der Waals surface area contributed by atoms with Crippen molar-refractivity contribution in [1.82, 2.24) is 9.55 Å². The van der Waals surface area contributed by atoms with Crippen molar-refractivity contribution in [3.05, 3.63) is 30.4 Å². The van der Waals surface area contributed by atoms with Crippen LogP contribution in [0.2, 0.25) is 0 Å². The SMILES string of the molecule is C=C(C)Cn1cncc1C(N)C(C)C. The lowest BCUT2D eigenvalue weighted by Gasteiger charge is -2.17. The molecular weight excluding hydrogens is 174 g/mol. The fourth-order valence-electron chi connectivity index (χ4n) is 1.37. The molecule has 0 aliphatic rings. The summed E-state index contributed by atoms with van der Waals surface area (Å²) in [5.41, 5.74) is 8.27. The van der Waals surface area contributed by atoms with Gasteiger partial charge in [0.1, 0.15) is 0 Å². The molecule has 3 nitrogen and oxygen atoms in total. The van der Waals surface area contributed by atoms with Crippen LogP contribution in [0.3, 0.4) is 0 Å². The fourth-order valence-corrected chi connectivity index (χ4v) is 1.37. The summed E-state index contributed by atoms with van der Waals surface area (Å²) in [7, 11) is 0. The van der Waals surface area contributed by atoms with E-state index in [1.807, 2.05) is 19.4 Å². The zero-order valence-corrected chi connectivity index (χ0v) is 9.20. The van der Waals surface area contributed by atoms with Crippen LogP contribution in [0.4, 0.5) is 0 Å². The molecule has 2 N–H and O–H groups in total. The zero-order valence-electron chi connectivity index (χ0n) is 9.20. The van der Waals surface area contributed by atoms with Crippen molar-refractivity contribution in [1.29, 1.82) is 0 Å². The van der Waals surface area contributed by atoms with Gasteiger partial charge in [0.2, 0.25) is 0 Å². The first-order valence-corrected chi connectivity index (χ1v) is 4.92. The summed E-state index contributed by atoms with van der Waals surface area (Å²) < 4.78 is 2.06. The summed E-state index contributed by atoms with van der Waals surface area (Å²) in [6, 6.07) is 0.0526. The van der Waals surface area contributed by atoms with Crippen LogP contribution in [0.1, 0.15) is 32.5 Å². The number of nitrogens with two attached hydrogens (primary N) is 1. The first-order valence-electron chi connectivity index (χ1n) is 4.92. The Kier molecular flexibility index (Phi) is 3.47. The molecule has 0 spiro atoms. The van der Waals surface area contributed by atoms with Crippen molar-refractivity contribution in [3.8, 4) is 0 Å². The minimum atomic E-state index is 0.0526. The molecule has 0 aliphatic carbocycles. The molecule has 14 heavy (non-hydrogen) atoms. The molecule has 1 atom stereocenters. The fraction of sp³-hybridized carbons (Fsp3) is 0.545. The number of nitrogens with zero attached hydrogens (tertiary/aromatic N) is 2. The Morgan fingerprint density at radius 3 is 2.79 bits per heavy atom. The van der Waals surface area contributed by atoms with E-state index in [-0.39, 0.29) is 6.04 Å². The maximum absolute atomic E-state index is 6.07. The van der Waals surface area contributed by atoms with Gasteiger partial charge in [-0.1, -0.05) is 26.0 Å². The molecule has 0 aliphatic heterocycles. The molecule has 0 saturated heterocycles. The van der Waals surface area contributed by atoms with Crippen LogP contribution >= 0.6 is 0 Å². The summed E-state index contributed by atoms with van der Waals surface area (Å²) in [5, 5.41) is 0. The van der Waals surface area contributed by atoms with Gasteiger partial charge in [0, 0.05) is 18.8 Å². The summed E-state index contributed by atoms with van der Waals surface area (Å²) in [6.07, 6.45) is 3.65. The van der Waals surface area contributed by atoms with Crippen LogP contribution in [-0.2, 0) is 6.54 Å². The van der Waals surface area contributed by atoms with Crippen LogP contribution in [-0.4, -0.2) is 9.55 Å². The predicted molar refractivity (Wildman–Crippen MR) is 58.8 cm³/mol. The van der Waals surface area contributed by atoms with Crippen molar-refractivity contribution in [2.45, 2.75) is 33.4 Å². The molecule has 0 bridgehead atoms. The van der Waals surface area contributed by atoms with E-state index >= 15 is 0 Å². The van der Waals surface area contributed by atoms with Crippen molar-refractivity contribution in [2.75, 3.05) is 0 Å². The number of aromatic nitrogens is 2.